The summed E-state index contributed by atoms with van der Waals surface area (Å²) in [7, 11) is 1.89. The number of aryl methyl sites for hydroxylation is 1. The number of aromatic nitrogens is 1. The molecule has 0 spiro atoms. The Morgan fingerprint density at radius 2 is 1.93 bits per heavy atom. The molecule has 0 atom stereocenters. The lowest BCUT2D eigenvalue weighted by Crippen LogP contribution is -1.86. The maximum Gasteiger partial charge on any atom is 0.183 e. The van der Waals surface area contributed by atoms with Gasteiger partial charge in [0.25, 0.3) is 0 Å². The van der Waals surface area contributed by atoms with Crippen LogP contribution >= 0.6 is 27.3 Å². The largest absolute Gasteiger partial charge is 0.365 e. The van der Waals surface area contributed by atoms with Crippen LogP contribution in [-0.2, 0) is 0 Å². The zero-order valence-electron chi connectivity index (χ0n) is 8.54. The second kappa shape index (κ2) is 4.33. The summed E-state index contributed by atoms with van der Waals surface area (Å²) in [5, 5.41) is 4.03. The van der Waals surface area contributed by atoms with Crippen LogP contribution in [0.4, 0.5) is 5.13 Å². The summed E-state index contributed by atoms with van der Waals surface area (Å²) in [6.45, 7) is 2.09. The molecule has 0 amide bonds. The van der Waals surface area contributed by atoms with Crippen LogP contribution in [0.5, 0.6) is 0 Å². The number of benzene rings is 1. The smallest absolute Gasteiger partial charge is 0.183 e. The van der Waals surface area contributed by atoms with Gasteiger partial charge < -0.3 is 5.32 Å². The fraction of sp³-hybridized carbons (Fsp3) is 0.182. The van der Waals surface area contributed by atoms with Gasteiger partial charge in [0, 0.05) is 22.0 Å². The summed E-state index contributed by atoms with van der Waals surface area (Å²) < 4.78 is 1.09. The van der Waals surface area contributed by atoms with Crippen molar-refractivity contribution in [1.82, 2.24) is 4.98 Å². The van der Waals surface area contributed by atoms with Gasteiger partial charge in [-0.3, -0.25) is 0 Å². The fourth-order valence-corrected chi connectivity index (χ4v) is 2.43. The van der Waals surface area contributed by atoms with E-state index in [1.54, 1.807) is 11.3 Å². The monoisotopic (exact) mass is 282 g/mol. The van der Waals surface area contributed by atoms with E-state index in [1.165, 1.54) is 4.88 Å². The highest BCUT2D eigenvalue weighted by Gasteiger charge is 2.08. The predicted molar refractivity (Wildman–Crippen MR) is 69.5 cm³/mol. The zero-order chi connectivity index (χ0) is 10.8. The first kappa shape index (κ1) is 10.6. The van der Waals surface area contributed by atoms with Gasteiger partial charge in [-0.05, 0) is 19.1 Å². The van der Waals surface area contributed by atoms with Crippen molar-refractivity contribution >= 4 is 32.4 Å². The lowest BCUT2D eigenvalue weighted by atomic mass is 10.1. The minimum atomic E-state index is 0.963. The molecule has 0 radical (unpaired) electrons. The molecule has 1 heterocycles. The van der Waals surface area contributed by atoms with Gasteiger partial charge in [0.05, 0.1) is 5.69 Å². The molecule has 1 aromatic carbocycles. The van der Waals surface area contributed by atoms with Crippen LogP contribution in [0, 0.1) is 6.92 Å². The molecule has 0 aliphatic carbocycles. The molecule has 0 aliphatic heterocycles. The summed E-state index contributed by atoms with van der Waals surface area (Å²) in [6, 6.07) is 8.22. The summed E-state index contributed by atoms with van der Waals surface area (Å²) in [6.07, 6.45) is 0. The average Bonchev–Trinajstić information content (AvgIpc) is 2.61. The van der Waals surface area contributed by atoms with Gasteiger partial charge in [-0.2, -0.15) is 0 Å². The minimum absolute atomic E-state index is 0.963. The Morgan fingerprint density at radius 3 is 2.47 bits per heavy atom. The molecule has 2 nitrogen and oxygen atoms in total. The molecule has 2 rings (SSSR count). The topological polar surface area (TPSA) is 24.9 Å². The van der Waals surface area contributed by atoms with Crippen molar-refractivity contribution in [2.75, 3.05) is 12.4 Å². The van der Waals surface area contributed by atoms with Gasteiger partial charge in [-0.25, -0.2) is 4.98 Å². The quantitative estimate of drug-likeness (QED) is 0.903. The molecule has 2 aromatic rings. The normalized spacial score (nSPS) is 10.3. The highest BCUT2D eigenvalue weighted by molar-refractivity contribution is 9.10. The average molecular weight is 283 g/mol. The number of hydrogen-bond donors (Lipinski definition) is 1. The molecule has 0 saturated carbocycles. The van der Waals surface area contributed by atoms with Crippen molar-refractivity contribution in [2.24, 2.45) is 0 Å². The van der Waals surface area contributed by atoms with E-state index >= 15 is 0 Å². The number of hydrogen-bond acceptors (Lipinski definition) is 3. The first-order valence-electron chi connectivity index (χ1n) is 4.62. The molecule has 1 N–H and O–H groups in total. The molecule has 0 fully saturated rings. The Hall–Kier alpha value is -0.870. The SMILES string of the molecule is CNc1nc(-c2ccc(Br)cc2)c(C)s1. The standard InChI is InChI=1S/C11H11BrN2S/c1-7-10(14-11(13-2)15-7)8-3-5-9(12)6-4-8/h3-6H,1-2H3,(H,13,14). The van der Waals surface area contributed by atoms with Crippen LogP contribution in [0.25, 0.3) is 11.3 Å². The third-order valence-electron chi connectivity index (χ3n) is 2.13. The van der Waals surface area contributed by atoms with Gasteiger partial charge in [0.2, 0.25) is 0 Å². The van der Waals surface area contributed by atoms with Crippen LogP contribution in [0.2, 0.25) is 0 Å². The van der Waals surface area contributed by atoms with Crippen LogP contribution in [-0.4, -0.2) is 12.0 Å². The second-order valence-electron chi connectivity index (χ2n) is 3.18. The number of halogens is 1. The molecule has 78 valence electrons. The van der Waals surface area contributed by atoms with Crippen LogP contribution in [0.15, 0.2) is 28.7 Å². The van der Waals surface area contributed by atoms with E-state index < -0.39 is 0 Å². The number of rotatable bonds is 2. The molecular formula is C11H11BrN2S. The summed E-state index contributed by atoms with van der Waals surface area (Å²) in [4.78, 5) is 5.76. The number of anilines is 1. The Kier molecular flexibility index (Phi) is 3.07. The molecular weight excluding hydrogens is 272 g/mol. The maximum atomic E-state index is 4.52. The van der Waals surface area contributed by atoms with E-state index in [0.29, 0.717) is 0 Å². The number of thiazole rings is 1. The molecule has 0 aliphatic rings. The highest BCUT2D eigenvalue weighted by atomic mass is 79.9. The van der Waals surface area contributed by atoms with Crippen LogP contribution in [0.1, 0.15) is 4.88 Å². The zero-order valence-corrected chi connectivity index (χ0v) is 10.9. The van der Waals surface area contributed by atoms with Crippen LogP contribution in [0.3, 0.4) is 0 Å². The predicted octanol–water partition coefficient (Wildman–Crippen LogP) is 3.92. The number of nitrogens with one attached hydrogen (secondary N) is 1. The van der Waals surface area contributed by atoms with Crippen molar-refractivity contribution in [3.63, 3.8) is 0 Å². The first-order valence-corrected chi connectivity index (χ1v) is 6.23. The second-order valence-corrected chi connectivity index (χ2v) is 5.30. The van der Waals surface area contributed by atoms with Crippen molar-refractivity contribution in [3.05, 3.63) is 33.6 Å². The van der Waals surface area contributed by atoms with E-state index in [9.17, 15) is 0 Å². The van der Waals surface area contributed by atoms with Crippen molar-refractivity contribution in [2.45, 2.75) is 6.92 Å². The Bertz CT molecular complexity index is 462. The van der Waals surface area contributed by atoms with E-state index in [4.69, 9.17) is 0 Å². The Labute approximate surface area is 101 Å². The molecule has 1 aromatic heterocycles. The van der Waals surface area contributed by atoms with Crippen molar-refractivity contribution < 1.29 is 0 Å². The third kappa shape index (κ3) is 2.21. The van der Waals surface area contributed by atoms with Crippen molar-refractivity contribution in [1.29, 1.82) is 0 Å². The minimum Gasteiger partial charge on any atom is -0.365 e. The molecule has 0 saturated heterocycles. The molecule has 0 unspecified atom stereocenters. The van der Waals surface area contributed by atoms with Gasteiger partial charge in [0.1, 0.15) is 0 Å². The summed E-state index contributed by atoms with van der Waals surface area (Å²) in [5.41, 5.74) is 2.23. The van der Waals surface area contributed by atoms with Crippen LogP contribution < -0.4 is 5.32 Å². The Balaban J connectivity index is 2.44. The Morgan fingerprint density at radius 1 is 1.27 bits per heavy atom. The summed E-state index contributed by atoms with van der Waals surface area (Å²) in [5.74, 6) is 0. The van der Waals surface area contributed by atoms with E-state index in [2.05, 4.69) is 45.3 Å². The first-order chi connectivity index (χ1) is 7.20. The van der Waals surface area contributed by atoms with Gasteiger partial charge >= 0.3 is 0 Å². The lowest BCUT2D eigenvalue weighted by Gasteiger charge is -1.98. The third-order valence-corrected chi connectivity index (χ3v) is 3.65. The van der Waals surface area contributed by atoms with Gasteiger partial charge in [-0.15, -0.1) is 11.3 Å². The van der Waals surface area contributed by atoms with E-state index in [1.807, 2.05) is 19.2 Å². The van der Waals surface area contributed by atoms with Crippen molar-refractivity contribution in [3.8, 4) is 11.3 Å². The maximum absolute atomic E-state index is 4.52. The molecule has 15 heavy (non-hydrogen) atoms. The van der Waals surface area contributed by atoms with Gasteiger partial charge in [0.15, 0.2) is 5.13 Å². The molecule has 0 bridgehead atoms. The fourth-order valence-electron chi connectivity index (χ4n) is 1.38. The van der Waals surface area contributed by atoms with E-state index in [-0.39, 0.29) is 0 Å². The van der Waals surface area contributed by atoms with Gasteiger partial charge in [-0.1, -0.05) is 28.1 Å². The highest BCUT2D eigenvalue weighted by Crippen LogP contribution is 2.30. The number of nitrogens with zero attached hydrogens (tertiary/aromatic N) is 1. The molecule has 4 heteroatoms. The van der Waals surface area contributed by atoms with E-state index in [0.717, 1.165) is 20.9 Å². The summed E-state index contributed by atoms with van der Waals surface area (Å²) >= 11 is 5.10. The lowest BCUT2D eigenvalue weighted by molar-refractivity contribution is 1.34.